The molecule has 0 N–H and O–H groups in total. The summed E-state index contributed by atoms with van der Waals surface area (Å²) in [5.74, 6) is 1.63. The zero-order chi connectivity index (χ0) is 12.7. The average molecular weight is 263 g/mol. The second-order valence-corrected chi connectivity index (χ2v) is 6.06. The van der Waals surface area contributed by atoms with Crippen molar-refractivity contribution in [3.63, 3.8) is 0 Å². The van der Waals surface area contributed by atoms with Crippen LogP contribution in [0.25, 0.3) is 4.96 Å². The Hall–Kier alpha value is -1.36. The SMILES string of the molecule is CC(C)N(CC1CC1)c1nc2sccn2c1C=O. The number of nitrogens with zero attached hydrogens (tertiary/aromatic N) is 3. The second-order valence-electron chi connectivity index (χ2n) is 5.18. The highest BCUT2D eigenvalue weighted by atomic mass is 32.1. The lowest BCUT2D eigenvalue weighted by Gasteiger charge is -2.27. The number of carbonyl (C=O) groups is 1. The maximum Gasteiger partial charge on any atom is 0.196 e. The van der Waals surface area contributed by atoms with E-state index < -0.39 is 0 Å². The van der Waals surface area contributed by atoms with Crippen LogP contribution >= 0.6 is 11.3 Å². The quantitative estimate of drug-likeness (QED) is 0.778. The van der Waals surface area contributed by atoms with E-state index in [1.54, 1.807) is 11.3 Å². The Morgan fingerprint density at radius 3 is 3.00 bits per heavy atom. The van der Waals surface area contributed by atoms with Crippen LogP contribution in [0.4, 0.5) is 5.82 Å². The molecule has 2 aromatic rings. The first-order valence-corrected chi connectivity index (χ1v) is 7.26. The van der Waals surface area contributed by atoms with Crippen molar-refractivity contribution in [2.75, 3.05) is 11.4 Å². The highest BCUT2D eigenvalue weighted by Crippen LogP contribution is 2.33. The standard InChI is InChI=1S/C13H17N3OS/c1-9(2)16(7-10-3-4-10)12-11(8-17)15-5-6-18-13(15)14-12/h5-6,8-10H,3-4,7H2,1-2H3. The molecule has 1 fully saturated rings. The third kappa shape index (κ3) is 1.92. The van der Waals surface area contributed by atoms with Crippen molar-refractivity contribution in [3.05, 3.63) is 17.3 Å². The molecule has 1 aliphatic carbocycles. The van der Waals surface area contributed by atoms with Crippen LogP contribution in [0.1, 0.15) is 37.2 Å². The number of anilines is 1. The van der Waals surface area contributed by atoms with E-state index in [-0.39, 0.29) is 0 Å². The van der Waals surface area contributed by atoms with Crippen molar-refractivity contribution < 1.29 is 4.79 Å². The van der Waals surface area contributed by atoms with Crippen LogP contribution in [0.5, 0.6) is 0 Å². The molecule has 0 aliphatic heterocycles. The van der Waals surface area contributed by atoms with Gasteiger partial charge in [0.25, 0.3) is 0 Å². The van der Waals surface area contributed by atoms with Gasteiger partial charge in [-0.2, -0.15) is 0 Å². The van der Waals surface area contributed by atoms with Gasteiger partial charge >= 0.3 is 0 Å². The van der Waals surface area contributed by atoms with Crippen LogP contribution in [0.15, 0.2) is 11.6 Å². The summed E-state index contributed by atoms with van der Waals surface area (Å²) in [6, 6.07) is 0.369. The number of rotatable bonds is 5. The van der Waals surface area contributed by atoms with Gasteiger partial charge in [0.1, 0.15) is 5.69 Å². The number of aromatic nitrogens is 2. The van der Waals surface area contributed by atoms with E-state index in [1.807, 2.05) is 16.0 Å². The van der Waals surface area contributed by atoms with Gasteiger partial charge in [-0.05, 0) is 32.6 Å². The molecule has 3 rings (SSSR count). The van der Waals surface area contributed by atoms with E-state index in [0.717, 1.165) is 29.5 Å². The predicted octanol–water partition coefficient (Wildman–Crippen LogP) is 2.83. The molecular weight excluding hydrogens is 246 g/mol. The fourth-order valence-corrected chi connectivity index (χ4v) is 2.95. The topological polar surface area (TPSA) is 37.6 Å². The molecule has 18 heavy (non-hydrogen) atoms. The minimum absolute atomic E-state index is 0.369. The summed E-state index contributed by atoms with van der Waals surface area (Å²) >= 11 is 1.57. The molecule has 2 heterocycles. The lowest BCUT2D eigenvalue weighted by molar-refractivity contribution is 0.111. The third-order valence-electron chi connectivity index (χ3n) is 3.44. The molecule has 1 saturated carbocycles. The molecule has 0 amide bonds. The average Bonchev–Trinajstić information content (AvgIpc) is 2.92. The number of fused-ring (bicyclic) bond motifs is 1. The molecule has 0 aromatic carbocycles. The Morgan fingerprint density at radius 1 is 1.61 bits per heavy atom. The molecule has 5 heteroatoms. The van der Waals surface area contributed by atoms with Gasteiger partial charge in [0, 0.05) is 24.2 Å². The van der Waals surface area contributed by atoms with Gasteiger partial charge in [-0.1, -0.05) is 0 Å². The van der Waals surface area contributed by atoms with Gasteiger partial charge in [-0.3, -0.25) is 9.20 Å². The van der Waals surface area contributed by atoms with E-state index >= 15 is 0 Å². The van der Waals surface area contributed by atoms with E-state index in [0.29, 0.717) is 11.7 Å². The zero-order valence-corrected chi connectivity index (χ0v) is 11.5. The lowest BCUT2D eigenvalue weighted by atomic mass is 10.2. The number of carbonyl (C=O) groups excluding carboxylic acids is 1. The molecule has 0 unspecified atom stereocenters. The zero-order valence-electron chi connectivity index (χ0n) is 10.7. The van der Waals surface area contributed by atoms with Gasteiger partial charge in [0.2, 0.25) is 0 Å². The van der Waals surface area contributed by atoms with Crippen molar-refractivity contribution in [1.82, 2.24) is 9.38 Å². The Bertz CT molecular complexity index is 568. The first-order chi connectivity index (χ1) is 8.70. The Morgan fingerprint density at radius 2 is 2.39 bits per heavy atom. The summed E-state index contributed by atoms with van der Waals surface area (Å²) in [5.41, 5.74) is 0.681. The maximum absolute atomic E-state index is 11.3. The monoisotopic (exact) mass is 263 g/mol. The van der Waals surface area contributed by atoms with Gasteiger partial charge in [0.15, 0.2) is 17.1 Å². The van der Waals surface area contributed by atoms with Crippen molar-refractivity contribution in [3.8, 4) is 0 Å². The smallest absolute Gasteiger partial charge is 0.196 e. The van der Waals surface area contributed by atoms with E-state index in [9.17, 15) is 4.79 Å². The summed E-state index contributed by atoms with van der Waals surface area (Å²) in [6.07, 6.45) is 5.45. The molecule has 0 saturated heterocycles. The lowest BCUT2D eigenvalue weighted by Crippen LogP contribution is -2.33. The third-order valence-corrected chi connectivity index (χ3v) is 4.20. The minimum atomic E-state index is 0.369. The molecular formula is C13H17N3OS. The molecule has 0 radical (unpaired) electrons. The Labute approximate surface area is 110 Å². The van der Waals surface area contributed by atoms with Crippen LogP contribution < -0.4 is 4.90 Å². The Kier molecular flexibility index (Phi) is 2.86. The highest BCUT2D eigenvalue weighted by molar-refractivity contribution is 7.15. The number of imidazole rings is 1. The molecule has 2 aromatic heterocycles. The molecule has 96 valence electrons. The van der Waals surface area contributed by atoms with E-state index in [2.05, 4.69) is 23.7 Å². The van der Waals surface area contributed by atoms with Gasteiger partial charge in [0.05, 0.1) is 0 Å². The van der Waals surface area contributed by atoms with Gasteiger partial charge in [-0.25, -0.2) is 4.98 Å². The second kappa shape index (κ2) is 4.39. The first-order valence-electron chi connectivity index (χ1n) is 6.38. The molecule has 0 atom stereocenters. The predicted molar refractivity (Wildman–Crippen MR) is 73.7 cm³/mol. The number of thiazole rings is 1. The first kappa shape index (κ1) is 11.7. The molecule has 0 spiro atoms. The van der Waals surface area contributed by atoms with Crippen LogP contribution in [0, 0.1) is 5.92 Å². The normalized spacial score (nSPS) is 15.5. The summed E-state index contributed by atoms with van der Waals surface area (Å²) in [6.45, 7) is 5.33. The van der Waals surface area contributed by atoms with Gasteiger partial charge in [-0.15, -0.1) is 11.3 Å². The summed E-state index contributed by atoms with van der Waals surface area (Å²) in [5, 5.41) is 1.96. The fraction of sp³-hybridized carbons (Fsp3) is 0.538. The Balaban J connectivity index is 2.03. The summed E-state index contributed by atoms with van der Waals surface area (Å²) < 4.78 is 1.88. The van der Waals surface area contributed by atoms with Crippen molar-refractivity contribution in [2.24, 2.45) is 5.92 Å². The van der Waals surface area contributed by atoms with Crippen LogP contribution in [0.2, 0.25) is 0 Å². The maximum atomic E-state index is 11.3. The van der Waals surface area contributed by atoms with Crippen LogP contribution in [-0.4, -0.2) is 28.3 Å². The van der Waals surface area contributed by atoms with E-state index in [4.69, 9.17) is 0 Å². The number of aldehydes is 1. The summed E-state index contributed by atoms with van der Waals surface area (Å²) in [4.78, 5) is 19.1. The minimum Gasteiger partial charge on any atom is -0.352 e. The molecule has 0 bridgehead atoms. The fourth-order valence-electron chi connectivity index (χ4n) is 2.23. The highest BCUT2D eigenvalue weighted by Gasteiger charge is 2.28. The summed E-state index contributed by atoms with van der Waals surface area (Å²) in [7, 11) is 0. The van der Waals surface area contributed by atoms with E-state index in [1.165, 1.54) is 12.8 Å². The largest absolute Gasteiger partial charge is 0.352 e. The van der Waals surface area contributed by atoms with Gasteiger partial charge < -0.3 is 4.90 Å². The molecule has 4 nitrogen and oxygen atoms in total. The molecule has 1 aliphatic rings. The van der Waals surface area contributed by atoms with Crippen LogP contribution in [-0.2, 0) is 0 Å². The number of hydrogen-bond donors (Lipinski definition) is 0. The van der Waals surface area contributed by atoms with Crippen LogP contribution in [0.3, 0.4) is 0 Å². The number of hydrogen-bond acceptors (Lipinski definition) is 4. The van der Waals surface area contributed by atoms with Crippen molar-refractivity contribution >= 4 is 28.4 Å². The van der Waals surface area contributed by atoms with Crippen molar-refractivity contribution in [2.45, 2.75) is 32.7 Å². The van der Waals surface area contributed by atoms with Crippen molar-refractivity contribution in [1.29, 1.82) is 0 Å².